The molecule has 0 bridgehead atoms. The summed E-state index contributed by atoms with van der Waals surface area (Å²) in [5.41, 5.74) is 10.7. The van der Waals surface area contributed by atoms with Crippen molar-refractivity contribution < 1.29 is 48.9 Å². The fraction of sp³-hybridized carbons (Fsp3) is 0.611. The zero-order valence-corrected chi connectivity index (χ0v) is 17.9. The molecule has 0 aromatic carbocycles. The molecule has 0 saturated heterocycles. The van der Waals surface area contributed by atoms with Crippen molar-refractivity contribution in [2.45, 2.75) is 69.6 Å². The van der Waals surface area contributed by atoms with Crippen LogP contribution in [0.3, 0.4) is 0 Å². The first-order valence-corrected chi connectivity index (χ1v) is 9.86. The fourth-order valence-corrected chi connectivity index (χ4v) is 2.43. The summed E-state index contributed by atoms with van der Waals surface area (Å²) in [4.78, 5) is 80.9. The lowest BCUT2D eigenvalue weighted by Gasteiger charge is -2.24. The number of hydrogen-bond acceptors (Lipinski definition) is 8. The van der Waals surface area contributed by atoms with E-state index in [1.54, 1.807) is 0 Å². The van der Waals surface area contributed by atoms with Gasteiger partial charge in [0.25, 0.3) is 0 Å². The zero-order chi connectivity index (χ0) is 25.7. The number of carbonyl (C=O) groups is 7. The number of carbonyl (C=O) groups excluding carboxylic acids is 4. The van der Waals surface area contributed by atoms with E-state index in [1.165, 1.54) is 0 Å². The normalized spacial score (nSPS) is 14.1. The minimum Gasteiger partial charge on any atom is -0.481 e. The minimum atomic E-state index is -1.47. The van der Waals surface area contributed by atoms with E-state index < -0.39 is 85.0 Å². The molecule has 10 N–H and O–H groups in total. The van der Waals surface area contributed by atoms with Gasteiger partial charge in [-0.05, 0) is 26.2 Å². The van der Waals surface area contributed by atoms with Gasteiger partial charge in [0, 0.05) is 19.3 Å². The number of nitrogens with two attached hydrogens (primary N) is 2. The molecule has 4 amide bonds. The Morgan fingerprint density at radius 3 is 1.58 bits per heavy atom. The molecule has 0 saturated carbocycles. The van der Waals surface area contributed by atoms with Crippen LogP contribution in [-0.2, 0) is 33.6 Å². The van der Waals surface area contributed by atoms with Crippen LogP contribution in [0.5, 0.6) is 0 Å². The Balaban J connectivity index is 5.45. The molecule has 0 aliphatic carbocycles. The maximum atomic E-state index is 12.7. The number of carboxylic acids is 3. The number of carboxylic acid groups (broad SMARTS) is 3. The van der Waals surface area contributed by atoms with Gasteiger partial charge >= 0.3 is 17.9 Å². The molecule has 15 nitrogen and oxygen atoms in total. The summed E-state index contributed by atoms with van der Waals surface area (Å²) in [6.07, 6.45) is -2.22. The first-order chi connectivity index (χ1) is 15.2. The SMILES string of the molecule is CC(NC(=O)C(CCC(=O)O)NC(=O)C(CCC(N)=O)NC(=O)C(N)CCC(=O)O)C(=O)O. The molecule has 15 heteroatoms. The van der Waals surface area contributed by atoms with Gasteiger partial charge in [0.2, 0.25) is 23.6 Å². The van der Waals surface area contributed by atoms with E-state index in [-0.39, 0.29) is 19.3 Å². The van der Waals surface area contributed by atoms with Crippen LogP contribution in [0.2, 0.25) is 0 Å². The molecule has 0 fully saturated rings. The Morgan fingerprint density at radius 1 is 0.697 bits per heavy atom. The molecule has 0 radical (unpaired) electrons. The Hall–Kier alpha value is -3.75. The number of amides is 4. The lowest BCUT2D eigenvalue weighted by Crippen LogP contribution is -2.57. The van der Waals surface area contributed by atoms with Crippen LogP contribution in [0, 0.1) is 0 Å². The number of rotatable bonds is 16. The van der Waals surface area contributed by atoms with Crippen molar-refractivity contribution in [3.8, 4) is 0 Å². The van der Waals surface area contributed by atoms with Crippen LogP contribution < -0.4 is 27.4 Å². The summed E-state index contributed by atoms with van der Waals surface area (Å²) in [6.45, 7) is 1.16. The Kier molecular flexibility index (Phi) is 12.7. The third kappa shape index (κ3) is 12.6. The van der Waals surface area contributed by atoms with Crippen LogP contribution in [0.15, 0.2) is 0 Å². The molecular formula is C18H29N5O10. The van der Waals surface area contributed by atoms with Crippen LogP contribution in [0.25, 0.3) is 0 Å². The van der Waals surface area contributed by atoms with Gasteiger partial charge in [-0.1, -0.05) is 0 Å². The highest BCUT2D eigenvalue weighted by Crippen LogP contribution is 2.05. The standard InChI is InChI=1S/C18H29N5O10/c1-8(18(32)33)21-16(30)11(4-7-14(27)28)23-17(31)10(3-5-12(20)24)22-15(29)9(19)2-6-13(25)26/h8-11H,2-7,19H2,1H3,(H2,20,24)(H,21,30)(H,22,29)(H,23,31)(H,25,26)(H,27,28)(H,32,33). The lowest BCUT2D eigenvalue weighted by atomic mass is 10.1. The summed E-state index contributed by atoms with van der Waals surface area (Å²) < 4.78 is 0. The molecule has 0 spiro atoms. The predicted octanol–water partition coefficient (Wildman–Crippen LogP) is -3.13. The fourth-order valence-electron chi connectivity index (χ4n) is 2.43. The van der Waals surface area contributed by atoms with E-state index in [1.807, 2.05) is 0 Å². The first-order valence-electron chi connectivity index (χ1n) is 9.86. The van der Waals surface area contributed by atoms with Crippen molar-refractivity contribution in [2.24, 2.45) is 11.5 Å². The van der Waals surface area contributed by atoms with Crippen LogP contribution in [0.1, 0.15) is 45.4 Å². The molecule has 0 heterocycles. The average Bonchev–Trinajstić information content (AvgIpc) is 2.71. The van der Waals surface area contributed by atoms with E-state index in [0.29, 0.717) is 0 Å². The molecule has 4 unspecified atom stereocenters. The van der Waals surface area contributed by atoms with E-state index in [2.05, 4.69) is 16.0 Å². The highest BCUT2D eigenvalue weighted by Gasteiger charge is 2.30. The third-order valence-electron chi connectivity index (χ3n) is 4.33. The second kappa shape index (κ2) is 14.3. The summed E-state index contributed by atoms with van der Waals surface area (Å²) >= 11 is 0. The molecular weight excluding hydrogens is 446 g/mol. The van der Waals surface area contributed by atoms with Crippen molar-refractivity contribution in [2.75, 3.05) is 0 Å². The van der Waals surface area contributed by atoms with Crippen molar-refractivity contribution in [3.05, 3.63) is 0 Å². The van der Waals surface area contributed by atoms with Gasteiger partial charge in [-0.15, -0.1) is 0 Å². The lowest BCUT2D eigenvalue weighted by molar-refractivity contribution is -0.142. The Labute approximate surface area is 188 Å². The van der Waals surface area contributed by atoms with E-state index in [0.717, 1.165) is 6.92 Å². The summed E-state index contributed by atoms with van der Waals surface area (Å²) in [7, 11) is 0. The average molecular weight is 475 g/mol. The van der Waals surface area contributed by atoms with Gasteiger partial charge in [-0.2, -0.15) is 0 Å². The second-order valence-corrected chi connectivity index (χ2v) is 7.17. The van der Waals surface area contributed by atoms with E-state index >= 15 is 0 Å². The van der Waals surface area contributed by atoms with Gasteiger partial charge in [-0.3, -0.25) is 33.6 Å². The van der Waals surface area contributed by atoms with Crippen molar-refractivity contribution in [1.29, 1.82) is 0 Å². The molecule has 0 aromatic heterocycles. The second-order valence-electron chi connectivity index (χ2n) is 7.17. The highest BCUT2D eigenvalue weighted by molar-refractivity contribution is 5.94. The van der Waals surface area contributed by atoms with E-state index in [9.17, 15) is 33.6 Å². The Bertz CT molecular complexity index is 772. The first kappa shape index (κ1) is 29.2. The molecule has 0 aliphatic rings. The zero-order valence-electron chi connectivity index (χ0n) is 17.9. The largest absolute Gasteiger partial charge is 0.481 e. The Morgan fingerprint density at radius 2 is 1.12 bits per heavy atom. The maximum Gasteiger partial charge on any atom is 0.325 e. The number of aliphatic carboxylic acids is 3. The van der Waals surface area contributed by atoms with Crippen LogP contribution in [-0.4, -0.2) is 81.0 Å². The molecule has 4 atom stereocenters. The number of primary amides is 1. The smallest absolute Gasteiger partial charge is 0.325 e. The minimum absolute atomic E-state index is 0.234. The number of hydrogen-bond donors (Lipinski definition) is 8. The monoisotopic (exact) mass is 475 g/mol. The maximum absolute atomic E-state index is 12.7. The van der Waals surface area contributed by atoms with Gasteiger partial charge in [0.05, 0.1) is 6.04 Å². The molecule has 33 heavy (non-hydrogen) atoms. The van der Waals surface area contributed by atoms with Crippen molar-refractivity contribution >= 4 is 41.5 Å². The van der Waals surface area contributed by atoms with Gasteiger partial charge in [-0.25, -0.2) is 0 Å². The molecule has 0 aromatic rings. The van der Waals surface area contributed by atoms with E-state index in [4.69, 9.17) is 26.8 Å². The topological polar surface area (TPSA) is 268 Å². The molecule has 0 rings (SSSR count). The van der Waals surface area contributed by atoms with Crippen LogP contribution in [0.4, 0.5) is 0 Å². The predicted molar refractivity (Wildman–Crippen MR) is 109 cm³/mol. The van der Waals surface area contributed by atoms with Gasteiger partial charge in [0.1, 0.15) is 18.1 Å². The highest BCUT2D eigenvalue weighted by atomic mass is 16.4. The summed E-state index contributed by atoms with van der Waals surface area (Å²) in [5.74, 6) is -7.49. The van der Waals surface area contributed by atoms with Crippen LogP contribution >= 0.6 is 0 Å². The summed E-state index contributed by atoms with van der Waals surface area (Å²) in [5, 5.41) is 33.0. The quantitative estimate of drug-likeness (QED) is 0.110. The van der Waals surface area contributed by atoms with Gasteiger partial charge < -0.3 is 42.7 Å². The van der Waals surface area contributed by atoms with Gasteiger partial charge in [0.15, 0.2) is 0 Å². The van der Waals surface area contributed by atoms with Crippen molar-refractivity contribution in [3.63, 3.8) is 0 Å². The third-order valence-corrected chi connectivity index (χ3v) is 4.33. The number of nitrogens with one attached hydrogen (secondary N) is 3. The molecule has 186 valence electrons. The van der Waals surface area contributed by atoms with Crippen molar-refractivity contribution in [1.82, 2.24) is 16.0 Å². The summed E-state index contributed by atoms with van der Waals surface area (Å²) in [6, 6.07) is -5.51. The molecule has 0 aliphatic heterocycles.